The van der Waals surface area contributed by atoms with Gasteiger partial charge in [-0.1, -0.05) is 25.1 Å². The molecule has 1 heterocycles. The summed E-state index contributed by atoms with van der Waals surface area (Å²) in [7, 11) is 0. The molecule has 1 fully saturated rings. The van der Waals surface area contributed by atoms with Crippen molar-refractivity contribution in [2.24, 2.45) is 0 Å². The van der Waals surface area contributed by atoms with E-state index in [2.05, 4.69) is 0 Å². The smallest absolute Gasteiger partial charge is 0.199 e. The molecule has 0 aliphatic carbocycles. The van der Waals surface area contributed by atoms with Crippen LogP contribution in [0.25, 0.3) is 0 Å². The SMILES string of the molecule is CC(C=O)c1ccccc1OC1CCCCO1. The van der Waals surface area contributed by atoms with Crippen LogP contribution in [-0.4, -0.2) is 19.2 Å². The van der Waals surface area contributed by atoms with Gasteiger partial charge in [-0.2, -0.15) is 0 Å². The fraction of sp³-hybridized carbons (Fsp3) is 0.500. The molecule has 1 aromatic rings. The molecule has 1 aliphatic heterocycles. The summed E-state index contributed by atoms with van der Waals surface area (Å²) >= 11 is 0. The van der Waals surface area contributed by atoms with E-state index in [1.165, 1.54) is 0 Å². The number of carbonyl (C=O) groups is 1. The van der Waals surface area contributed by atoms with Gasteiger partial charge in [0.15, 0.2) is 6.29 Å². The second-order valence-electron chi connectivity index (χ2n) is 4.38. The Kier molecular flexibility index (Phi) is 4.15. The van der Waals surface area contributed by atoms with Crippen LogP contribution in [0.3, 0.4) is 0 Å². The van der Waals surface area contributed by atoms with Crippen molar-refractivity contribution < 1.29 is 14.3 Å². The highest BCUT2D eigenvalue weighted by molar-refractivity contribution is 5.63. The third-order valence-corrected chi connectivity index (χ3v) is 3.01. The Bertz CT molecular complexity index is 369. The van der Waals surface area contributed by atoms with Crippen LogP contribution in [-0.2, 0) is 9.53 Å². The van der Waals surface area contributed by atoms with Crippen LogP contribution in [0.5, 0.6) is 5.75 Å². The molecule has 2 rings (SSSR count). The minimum absolute atomic E-state index is 0.144. The van der Waals surface area contributed by atoms with Crippen LogP contribution in [0.1, 0.15) is 37.7 Å². The zero-order valence-corrected chi connectivity index (χ0v) is 10.1. The summed E-state index contributed by atoms with van der Waals surface area (Å²) in [5, 5.41) is 0. The molecule has 2 atom stereocenters. The van der Waals surface area contributed by atoms with Gasteiger partial charge in [0, 0.05) is 17.9 Å². The number of hydrogen-bond acceptors (Lipinski definition) is 3. The van der Waals surface area contributed by atoms with Gasteiger partial charge in [0.25, 0.3) is 0 Å². The van der Waals surface area contributed by atoms with Crippen LogP contribution >= 0.6 is 0 Å². The first kappa shape index (κ1) is 12.1. The molecule has 0 spiro atoms. The Hall–Kier alpha value is -1.35. The Morgan fingerprint density at radius 1 is 1.41 bits per heavy atom. The highest BCUT2D eigenvalue weighted by Crippen LogP contribution is 2.27. The summed E-state index contributed by atoms with van der Waals surface area (Å²) in [4.78, 5) is 10.9. The van der Waals surface area contributed by atoms with Crippen LogP contribution in [0.2, 0.25) is 0 Å². The summed E-state index contributed by atoms with van der Waals surface area (Å²) in [5.41, 5.74) is 0.927. The Labute approximate surface area is 102 Å². The van der Waals surface area contributed by atoms with Crippen molar-refractivity contribution in [2.45, 2.75) is 38.4 Å². The lowest BCUT2D eigenvalue weighted by Gasteiger charge is -2.25. The Morgan fingerprint density at radius 3 is 2.94 bits per heavy atom. The molecular weight excluding hydrogens is 216 g/mol. The maximum atomic E-state index is 10.9. The third kappa shape index (κ3) is 3.07. The molecule has 3 heteroatoms. The number of hydrogen-bond donors (Lipinski definition) is 0. The molecule has 92 valence electrons. The standard InChI is InChI=1S/C14H18O3/c1-11(10-15)12-6-2-3-7-13(12)17-14-8-4-5-9-16-14/h2-3,6-7,10-11,14H,4-5,8-9H2,1H3. The minimum Gasteiger partial charge on any atom is -0.465 e. The van der Waals surface area contributed by atoms with Gasteiger partial charge < -0.3 is 14.3 Å². The second kappa shape index (κ2) is 5.82. The monoisotopic (exact) mass is 234 g/mol. The highest BCUT2D eigenvalue weighted by Gasteiger charge is 2.18. The quantitative estimate of drug-likeness (QED) is 0.751. The van der Waals surface area contributed by atoms with Crippen molar-refractivity contribution in [3.63, 3.8) is 0 Å². The number of ether oxygens (including phenoxy) is 2. The summed E-state index contributed by atoms with van der Waals surface area (Å²) in [6.07, 6.45) is 3.93. The van der Waals surface area contributed by atoms with E-state index >= 15 is 0 Å². The van der Waals surface area contributed by atoms with Crippen LogP contribution in [0.15, 0.2) is 24.3 Å². The van der Waals surface area contributed by atoms with Gasteiger partial charge >= 0.3 is 0 Å². The third-order valence-electron chi connectivity index (χ3n) is 3.01. The van der Waals surface area contributed by atoms with E-state index in [1.807, 2.05) is 31.2 Å². The number of rotatable bonds is 4. The minimum atomic E-state index is -0.163. The molecule has 3 nitrogen and oxygen atoms in total. The van der Waals surface area contributed by atoms with E-state index in [0.717, 1.165) is 43.5 Å². The van der Waals surface area contributed by atoms with E-state index in [4.69, 9.17) is 9.47 Å². The molecule has 1 aromatic carbocycles. The predicted octanol–water partition coefficient (Wildman–Crippen LogP) is 2.89. The van der Waals surface area contributed by atoms with Crippen LogP contribution in [0, 0.1) is 0 Å². The van der Waals surface area contributed by atoms with Gasteiger partial charge in [-0.15, -0.1) is 0 Å². The van der Waals surface area contributed by atoms with Gasteiger partial charge in [-0.3, -0.25) is 0 Å². The van der Waals surface area contributed by atoms with E-state index in [1.54, 1.807) is 0 Å². The molecule has 0 aromatic heterocycles. The molecule has 2 unspecified atom stereocenters. The molecule has 1 aliphatic rings. The molecule has 0 N–H and O–H groups in total. The van der Waals surface area contributed by atoms with Gasteiger partial charge in [0.05, 0.1) is 6.61 Å². The first-order valence-electron chi connectivity index (χ1n) is 6.13. The Balaban J connectivity index is 2.11. The average molecular weight is 234 g/mol. The Morgan fingerprint density at radius 2 is 2.24 bits per heavy atom. The maximum absolute atomic E-state index is 10.9. The number of benzene rings is 1. The van der Waals surface area contributed by atoms with Gasteiger partial charge in [0.2, 0.25) is 0 Å². The number of carbonyl (C=O) groups excluding carboxylic acids is 1. The zero-order valence-electron chi connectivity index (χ0n) is 10.1. The summed E-state index contributed by atoms with van der Waals surface area (Å²) in [6, 6.07) is 7.66. The molecule has 17 heavy (non-hydrogen) atoms. The van der Waals surface area contributed by atoms with Crippen molar-refractivity contribution in [3.8, 4) is 5.75 Å². The lowest BCUT2D eigenvalue weighted by Crippen LogP contribution is -2.25. The van der Waals surface area contributed by atoms with Crippen molar-refractivity contribution in [1.29, 1.82) is 0 Å². The topological polar surface area (TPSA) is 35.5 Å². The fourth-order valence-electron chi connectivity index (χ4n) is 1.98. The first-order chi connectivity index (χ1) is 8.31. The first-order valence-corrected chi connectivity index (χ1v) is 6.13. The van der Waals surface area contributed by atoms with Crippen molar-refractivity contribution in [1.82, 2.24) is 0 Å². The van der Waals surface area contributed by atoms with Crippen molar-refractivity contribution in [3.05, 3.63) is 29.8 Å². The van der Waals surface area contributed by atoms with Gasteiger partial charge in [-0.25, -0.2) is 0 Å². The van der Waals surface area contributed by atoms with Crippen molar-refractivity contribution in [2.75, 3.05) is 6.61 Å². The van der Waals surface area contributed by atoms with Gasteiger partial charge in [-0.05, 0) is 18.9 Å². The number of para-hydroxylation sites is 1. The van der Waals surface area contributed by atoms with E-state index in [0.29, 0.717) is 0 Å². The second-order valence-corrected chi connectivity index (χ2v) is 4.38. The summed E-state index contributed by atoms with van der Waals surface area (Å²) in [5.74, 6) is 0.619. The molecule has 0 amide bonds. The van der Waals surface area contributed by atoms with E-state index in [9.17, 15) is 4.79 Å². The molecule has 0 bridgehead atoms. The normalized spacial score (nSPS) is 21.8. The lowest BCUT2D eigenvalue weighted by molar-refractivity contribution is -0.110. The summed E-state index contributed by atoms with van der Waals surface area (Å²) < 4.78 is 11.4. The maximum Gasteiger partial charge on any atom is 0.199 e. The zero-order chi connectivity index (χ0) is 12.1. The highest BCUT2D eigenvalue weighted by atomic mass is 16.7. The number of aldehydes is 1. The molecule has 0 saturated carbocycles. The predicted molar refractivity (Wildman–Crippen MR) is 65.1 cm³/mol. The summed E-state index contributed by atoms with van der Waals surface area (Å²) in [6.45, 7) is 2.63. The fourth-order valence-corrected chi connectivity index (χ4v) is 1.98. The van der Waals surface area contributed by atoms with E-state index in [-0.39, 0.29) is 12.2 Å². The van der Waals surface area contributed by atoms with Crippen LogP contribution in [0.4, 0.5) is 0 Å². The largest absolute Gasteiger partial charge is 0.465 e. The average Bonchev–Trinajstić information content (AvgIpc) is 2.40. The molecular formula is C14H18O3. The van der Waals surface area contributed by atoms with Gasteiger partial charge in [0.1, 0.15) is 12.0 Å². The molecule has 1 saturated heterocycles. The lowest BCUT2D eigenvalue weighted by atomic mass is 10.0. The molecule has 0 radical (unpaired) electrons. The van der Waals surface area contributed by atoms with Crippen LogP contribution < -0.4 is 4.74 Å². The van der Waals surface area contributed by atoms with Crippen molar-refractivity contribution >= 4 is 6.29 Å². The van der Waals surface area contributed by atoms with E-state index < -0.39 is 0 Å².